The molecule has 0 spiro atoms. The minimum atomic E-state index is -5.08. The van der Waals surface area contributed by atoms with E-state index >= 15 is 0 Å². The van der Waals surface area contributed by atoms with E-state index < -0.39 is 27.3 Å². The standard InChI is InChI=1S/C18H16O10S/c1-24-10-7-11(19)15-14(8-10)27-17(18(16(15)20)28-29(21,22)23)9-4-5-12(25-2)13(6-9)26-3/h4-8,19H,1-3H3,(H,21,22,23). The van der Waals surface area contributed by atoms with Crippen LogP contribution in [0, 0.1) is 0 Å². The summed E-state index contributed by atoms with van der Waals surface area (Å²) < 4.78 is 57.3. The number of benzene rings is 2. The fourth-order valence-electron chi connectivity index (χ4n) is 2.72. The largest absolute Gasteiger partial charge is 0.507 e. The molecule has 0 amide bonds. The normalized spacial score (nSPS) is 11.3. The fraction of sp³-hybridized carbons (Fsp3) is 0.167. The molecule has 0 fully saturated rings. The van der Waals surface area contributed by atoms with E-state index in [2.05, 4.69) is 4.18 Å². The van der Waals surface area contributed by atoms with E-state index in [9.17, 15) is 18.3 Å². The first-order valence-corrected chi connectivity index (χ1v) is 9.32. The predicted octanol–water partition coefficient (Wildman–Crippen LogP) is 2.37. The average Bonchev–Trinajstić information content (AvgIpc) is 2.67. The van der Waals surface area contributed by atoms with Crippen LogP contribution >= 0.6 is 0 Å². The van der Waals surface area contributed by atoms with Crippen LogP contribution in [-0.2, 0) is 10.4 Å². The van der Waals surface area contributed by atoms with E-state index in [1.807, 2.05) is 0 Å². The monoisotopic (exact) mass is 424 g/mol. The Kier molecular flexibility index (Phi) is 5.27. The number of aromatic hydroxyl groups is 1. The molecule has 0 aliphatic heterocycles. The number of ether oxygens (including phenoxy) is 3. The van der Waals surface area contributed by atoms with Crippen LogP contribution < -0.4 is 23.8 Å². The van der Waals surface area contributed by atoms with Crippen LogP contribution in [0.5, 0.6) is 28.7 Å². The Hall–Kier alpha value is -3.44. The number of hydrogen-bond donors (Lipinski definition) is 2. The lowest BCUT2D eigenvalue weighted by atomic mass is 10.1. The molecule has 1 aromatic heterocycles. The van der Waals surface area contributed by atoms with Crippen molar-refractivity contribution >= 4 is 21.4 Å². The van der Waals surface area contributed by atoms with Crippen LogP contribution in [0.4, 0.5) is 0 Å². The van der Waals surface area contributed by atoms with E-state index in [0.29, 0.717) is 5.75 Å². The van der Waals surface area contributed by atoms with Crippen molar-refractivity contribution in [2.24, 2.45) is 0 Å². The maximum atomic E-state index is 12.9. The highest BCUT2D eigenvalue weighted by Gasteiger charge is 2.25. The molecule has 0 aliphatic rings. The zero-order chi connectivity index (χ0) is 21.3. The molecule has 154 valence electrons. The SMILES string of the molecule is COc1cc(O)c2c(=O)c(OS(=O)(=O)O)c(-c3ccc(OC)c(OC)c3)oc2c1. The second-order valence-corrected chi connectivity index (χ2v) is 6.71. The van der Waals surface area contributed by atoms with Gasteiger partial charge in [0.25, 0.3) is 0 Å². The lowest BCUT2D eigenvalue weighted by Crippen LogP contribution is -2.15. The third kappa shape index (κ3) is 3.91. The zero-order valence-electron chi connectivity index (χ0n) is 15.5. The van der Waals surface area contributed by atoms with Crippen molar-refractivity contribution in [1.29, 1.82) is 0 Å². The van der Waals surface area contributed by atoms with Crippen LogP contribution in [-0.4, -0.2) is 39.4 Å². The van der Waals surface area contributed by atoms with Gasteiger partial charge in [-0.25, -0.2) is 0 Å². The summed E-state index contributed by atoms with van der Waals surface area (Å²) in [4.78, 5) is 12.9. The summed E-state index contributed by atoms with van der Waals surface area (Å²) in [6.07, 6.45) is 0. The molecule has 29 heavy (non-hydrogen) atoms. The summed E-state index contributed by atoms with van der Waals surface area (Å²) in [7, 11) is -0.913. The highest BCUT2D eigenvalue weighted by atomic mass is 32.3. The zero-order valence-corrected chi connectivity index (χ0v) is 16.3. The van der Waals surface area contributed by atoms with Crippen LogP contribution in [0.15, 0.2) is 39.5 Å². The van der Waals surface area contributed by atoms with E-state index in [4.69, 9.17) is 23.2 Å². The molecule has 10 nitrogen and oxygen atoms in total. The third-order valence-electron chi connectivity index (χ3n) is 3.98. The Balaban J connectivity index is 2.40. The quantitative estimate of drug-likeness (QED) is 0.566. The smallest absolute Gasteiger partial charge is 0.446 e. The molecule has 2 aromatic carbocycles. The molecule has 0 atom stereocenters. The van der Waals surface area contributed by atoms with Gasteiger partial charge in [0.15, 0.2) is 17.3 Å². The Labute approximate surface area is 164 Å². The van der Waals surface area contributed by atoms with Crippen molar-refractivity contribution in [3.63, 3.8) is 0 Å². The number of phenols is 1. The van der Waals surface area contributed by atoms with Gasteiger partial charge in [-0.05, 0) is 18.2 Å². The van der Waals surface area contributed by atoms with E-state index in [0.717, 1.165) is 6.07 Å². The van der Waals surface area contributed by atoms with E-state index in [-0.39, 0.29) is 33.8 Å². The average molecular weight is 424 g/mol. The summed E-state index contributed by atoms with van der Waals surface area (Å²) in [5.74, 6) is -0.858. The number of hydrogen-bond acceptors (Lipinski definition) is 9. The summed E-state index contributed by atoms with van der Waals surface area (Å²) in [5.41, 5.74) is -0.934. The highest BCUT2D eigenvalue weighted by molar-refractivity contribution is 7.81. The Morgan fingerprint density at radius 3 is 2.24 bits per heavy atom. The van der Waals surface area contributed by atoms with Gasteiger partial charge in [-0.1, -0.05) is 0 Å². The fourth-order valence-corrected chi connectivity index (χ4v) is 3.09. The molecule has 0 saturated carbocycles. The van der Waals surface area contributed by atoms with Crippen molar-refractivity contribution in [1.82, 2.24) is 0 Å². The van der Waals surface area contributed by atoms with Gasteiger partial charge < -0.3 is 27.9 Å². The third-order valence-corrected chi connectivity index (χ3v) is 4.35. The van der Waals surface area contributed by atoms with Gasteiger partial charge in [-0.2, -0.15) is 8.42 Å². The summed E-state index contributed by atoms with van der Waals surface area (Å²) in [5, 5.41) is 9.80. The van der Waals surface area contributed by atoms with Crippen LogP contribution in [0.2, 0.25) is 0 Å². The van der Waals surface area contributed by atoms with Crippen molar-refractivity contribution < 1.29 is 40.9 Å². The molecule has 0 bridgehead atoms. The Morgan fingerprint density at radius 2 is 1.66 bits per heavy atom. The van der Waals surface area contributed by atoms with Crippen LogP contribution in [0.25, 0.3) is 22.3 Å². The van der Waals surface area contributed by atoms with Crippen LogP contribution in [0.3, 0.4) is 0 Å². The summed E-state index contributed by atoms with van der Waals surface area (Å²) >= 11 is 0. The maximum absolute atomic E-state index is 12.9. The van der Waals surface area contributed by atoms with Gasteiger partial charge in [0.05, 0.1) is 21.3 Å². The second kappa shape index (κ2) is 7.53. The first-order valence-electron chi connectivity index (χ1n) is 7.95. The van der Waals surface area contributed by atoms with Gasteiger partial charge >= 0.3 is 10.4 Å². The molecule has 1 heterocycles. The van der Waals surface area contributed by atoms with Gasteiger partial charge in [0, 0.05) is 17.7 Å². The van der Waals surface area contributed by atoms with Crippen molar-refractivity contribution in [2.75, 3.05) is 21.3 Å². The summed E-state index contributed by atoms with van der Waals surface area (Å²) in [6, 6.07) is 6.85. The molecular formula is C18H16O10S. The Bertz CT molecular complexity index is 1240. The Morgan fingerprint density at radius 1 is 0.966 bits per heavy atom. The maximum Gasteiger partial charge on any atom is 0.446 e. The topological polar surface area (TPSA) is 142 Å². The predicted molar refractivity (Wildman–Crippen MR) is 101 cm³/mol. The molecular weight excluding hydrogens is 408 g/mol. The molecule has 0 unspecified atom stereocenters. The van der Waals surface area contributed by atoms with E-state index in [1.165, 1.54) is 45.6 Å². The number of phenolic OH excluding ortho intramolecular Hbond substituents is 1. The van der Waals surface area contributed by atoms with Gasteiger partial charge in [-0.3, -0.25) is 9.35 Å². The minimum Gasteiger partial charge on any atom is -0.507 e. The first-order chi connectivity index (χ1) is 13.7. The molecule has 3 rings (SSSR count). The van der Waals surface area contributed by atoms with Gasteiger partial charge in [0.1, 0.15) is 22.5 Å². The van der Waals surface area contributed by atoms with Gasteiger partial charge in [-0.15, -0.1) is 0 Å². The number of fused-ring (bicyclic) bond motifs is 1. The number of rotatable bonds is 6. The molecule has 11 heteroatoms. The molecule has 2 N–H and O–H groups in total. The second-order valence-electron chi connectivity index (χ2n) is 5.69. The summed E-state index contributed by atoms with van der Waals surface area (Å²) in [6.45, 7) is 0. The van der Waals surface area contributed by atoms with Crippen LogP contribution in [0.1, 0.15) is 0 Å². The minimum absolute atomic E-state index is 0.0978. The highest BCUT2D eigenvalue weighted by Crippen LogP contribution is 2.39. The van der Waals surface area contributed by atoms with Crippen molar-refractivity contribution in [3.8, 4) is 40.1 Å². The number of methoxy groups -OCH3 is 3. The van der Waals surface area contributed by atoms with Crippen molar-refractivity contribution in [2.45, 2.75) is 0 Å². The lowest BCUT2D eigenvalue weighted by molar-refractivity contribution is 0.355. The molecule has 0 aliphatic carbocycles. The van der Waals surface area contributed by atoms with E-state index in [1.54, 1.807) is 0 Å². The van der Waals surface area contributed by atoms with Gasteiger partial charge in [0.2, 0.25) is 11.2 Å². The molecule has 0 radical (unpaired) electrons. The molecule has 0 saturated heterocycles. The lowest BCUT2D eigenvalue weighted by Gasteiger charge is -2.13. The molecule has 3 aromatic rings. The first kappa shape index (κ1) is 20.3. The van der Waals surface area contributed by atoms with Crippen molar-refractivity contribution in [3.05, 3.63) is 40.6 Å².